The number of nitrogens with zero attached hydrogens (tertiary/aromatic N) is 4. The summed E-state index contributed by atoms with van der Waals surface area (Å²) in [5.41, 5.74) is 1.20. The van der Waals surface area contributed by atoms with Crippen molar-refractivity contribution in [3.05, 3.63) is 29.6 Å². The lowest BCUT2D eigenvalue weighted by Crippen LogP contribution is -2.48. The van der Waals surface area contributed by atoms with Crippen LogP contribution in [0.2, 0.25) is 0 Å². The molecule has 8 nitrogen and oxygen atoms in total. The maximum Gasteiger partial charge on any atom is 0.233 e. The van der Waals surface area contributed by atoms with E-state index in [0.717, 1.165) is 62.9 Å². The lowest BCUT2D eigenvalue weighted by Gasteiger charge is -2.34. The maximum absolute atomic E-state index is 12.5. The fourth-order valence-corrected chi connectivity index (χ4v) is 4.08. The number of benzene rings is 1. The summed E-state index contributed by atoms with van der Waals surface area (Å²) in [5, 5.41) is 7.74. The number of aromatic nitrogens is 3. The zero-order chi connectivity index (χ0) is 19.3. The monoisotopic (exact) mass is 403 g/mol. The summed E-state index contributed by atoms with van der Waals surface area (Å²) in [6.45, 7) is 6.48. The first-order valence-electron chi connectivity index (χ1n) is 9.64. The van der Waals surface area contributed by atoms with Crippen LogP contribution >= 0.6 is 11.8 Å². The number of thioether (sulfide) groups is 1. The van der Waals surface area contributed by atoms with Gasteiger partial charge in [0.1, 0.15) is 5.82 Å². The van der Waals surface area contributed by atoms with E-state index in [-0.39, 0.29) is 5.91 Å². The second-order valence-corrected chi connectivity index (χ2v) is 7.89. The minimum Gasteiger partial charge on any atom is -0.454 e. The SMILES string of the molecule is CCCc1nc(SCC(=O)N2CCN(Cc3ccc4c(c3)OCO4)CC2)n[nH]1. The fraction of sp³-hybridized carbons (Fsp3) is 0.526. The van der Waals surface area contributed by atoms with Gasteiger partial charge in [-0.3, -0.25) is 14.8 Å². The van der Waals surface area contributed by atoms with Crippen molar-refractivity contribution in [1.29, 1.82) is 0 Å². The number of hydrogen-bond acceptors (Lipinski definition) is 7. The lowest BCUT2D eigenvalue weighted by molar-refractivity contribution is -0.130. The first-order valence-corrected chi connectivity index (χ1v) is 10.6. The van der Waals surface area contributed by atoms with E-state index in [2.05, 4.69) is 33.1 Å². The number of carbonyl (C=O) groups is 1. The number of amides is 1. The van der Waals surface area contributed by atoms with Gasteiger partial charge in [-0.2, -0.15) is 0 Å². The second kappa shape index (κ2) is 8.83. The third kappa shape index (κ3) is 4.59. The average Bonchev–Trinajstić information content (AvgIpc) is 3.36. The van der Waals surface area contributed by atoms with Crippen molar-refractivity contribution >= 4 is 17.7 Å². The van der Waals surface area contributed by atoms with E-state index in [0.29, 0.717) is 17.7 Å². The molecule has 0 unspecified atom stereocenters. The number of nitrogens with one attached hydrogen (secondary N) is 1. The Hall–Kier alpha value is -2.26. The molecule has 9 heteroatoms. The molecule has 1 fully saturated rings. The molecule has 0 bridgehead atoms. The van der Waals surface area contributed by atoms with Gasteiger partial charge in [0.15, 0.2) is 11.5 Å². The van der Waals surface area contributed by atoms with Gasteiger partial charge in [0.05, 0.1) is 5.75 Å². The Bertz CT molecular complexity index is 820. The quantitative estimate of drug-likeness (QED) is 0.707. The number of H-pyrrole nitrogens is 1. The van der Waals surface area contributed by atoms with Gasteiger partial charge in [0.25, 0.3) is 0 Å². The van der Waals surface area contributed by atoms with E-state index < -0.39 is 0 Å². The van der Waals surface area contributed by atoms with Gasteiger partial charge < -0.3 is 14.4 Å². The van der Waals surface area contributed by atoms with Gasteiger partial charge >= 0.3 is 0 Å². The van der Waals surface area contributed by atoms with Crippen molar-refractivity contribution in [2.75, 3.05) is 38.7 Å². The van der Waals surface area contributed by atoms with Crippen molar-refractivity contribution in [2.24, 2.45) is 0 Å². The molecule has 1 amide bonds. The van der Waals surface area contributed by atoms with Crippen LogP contribution in [0.15, 0.2) is 23.4 Å². The van der Waals surface area contributed by atoms with Crippen LogP contribution < -0.4 is 9.47 Å². The highest BCUT2D eigenvalue weighted by molar-refractivity contribution is 7.99. The Labute approximate surface area is 168 Å². The molecule has 1 N–H and O–H groups in total. The van der Waals surface area contributed by atoms with Crippen molar-refractivity contribution in [1.82, 2.24) is 25.0 Å². The Morgan fingerprint density at radius 1 is 1.21 bits per heavy atom. The second-order valence-electron chi connectivity index (χ2n) is 6.95. The Balaban J connectivity index is 1.21. The Morgan fingerprint density at radius 3 is 2.86 bits per heavy atom. The summed E-state index contributed by atoms with van der Waals surface area (Å²) in [4.78, 5) is 21.2. The zero-order valence-corrected chi connectivity index (χ0v) is 16.8. The number of piperazine rings is 1. The molecule has 2 aliphatic heterocycles. The average molecular weight is 404 g/mol. The molecule has 1 aromatic carbocycles. The zero-order valence-electron chi connectivity index (χ0n) is 16.0. The molecule has 2 aliphatic rings. The molecule has 0 atom stereocenters. The van der Waals surface area contributed by atoms with Crippen LogP contribution in [0.5, 0.6) is 11.5 Å². The topological polar surface area (TPSA) is 83.6 Å². The predicted molar refractivity (Wildman–Crippen MR) is 106 cm³/mol. The highest BCUT2D eigenvalue weighted by atomic mass is 32.2. The first-order chi connectivity index (χ1) is 13.7. The minimum absolute atomic E-state index is 0.148. The van der Waals surface area contributed by atoms with E-state index in [9.17, 15) is 4.79 Å². The summed E-state index contributed by atoms with van der Waals surface area (Å²) >= 11 is 1.40. The predicted octanol–water partition coefficient (Wildman–Crippen LogP) is 1.92. The van der Waals surface area contributed by atoms with Crippen LogP contribution in [0.4, 0.5) is 0 Å². The first kappa shape index (κ1) is 19.1. The number of aromatic amines is 1. The van der Waals surface area contributed by atoms with Gasteiger partial charge in [-0.05, 0) is 24.1 Å². The summed E-state index contributed by atoms with van der Waals surface area (Å²) in [7, 11) is 0. The third-order valence-corrected chi connectivity index (χ3v) is 5.72. The standard InChI is InChI=1S/C19H25N5O3S/c1-2-3-17-20-19(22-21-17)28-12-18(25)24-8-6-23(7-9-24)11-14-4-5-15-16(10-14)27-13-26-15/h4-5,10H,2-3,6-9,11-13H2,1H3,(H,20,21,22). The van der Waals surface area contributed by atoms with Crippen LogP contribution in [0.3, 0.4) is 0 Å². The molecular weight excluding hydrogens is 378 g/mol. The number of aryl methyl sites for hydroxylation is 1. The van der Waals surface area contributed by atoms with E-state index >= 15 is 0 Å². The highest BCUT2D eigenvalue weighted by Gasteiger charge is 2.22. The molecule has 2 aromatic rings. The molecule has 1 saturated heterocycles. The number of fused-ring (bicyclic) bond motifs is 1. The molecule has 3 heterocycles. The number of carbonyl (C=O) groups excluding carboxylic acids is 1. The number of ether oxygens (including phenoxy) is 2. The molecular formula is C19H25N5O3S. The number of hydrogen-bond donors (Lipinski definition) is 1. The summed E-state index contributed by atoms with van der Waals surface area (Å²) in [5.74, 6) is 3.04. The number of rotatable bonds is 7. The van der Waals surface area contributed by atoms with Gasteiger partial charge in [0, 0.05) is 39.1 Å². The molecule has 0 saturated carbocycles. The van der Waals surface area contributed by atoms with E-state index in [1.165, 1.54) is 17.3 Å². The largest absolute Gasteiger partial charge is 0.454 e. The van der Waals surface area contributed by atoms with Gasteiger partial charge in [0.2, 0.25) is 17.9 Å². The Kier molecular flexibility index (Phi) is 6.01. The van der Waals surface area contributed by atoms with Crippen molar-refractivity contribution in [3.8, 4) is 11.5 Å². The van der Waals surface area contributed by atoms with Gasteiger partial charge in [-0.25, -0.2) is 4.98 Å². The third-order valence-electron chi connectivity index (χ3n) is 4.89. The molecule has 1 aromatic heterocycles. The van der Waals surface area contributed by atoms with Gasteiger partial charge in [-0.15, -0.1) is 5.10 Å². The Morgan fingerprint density at radius 2 is 2.04 bits per heavy atom. The normalized spacial score (nSPS) is 16.5. The highest BCUT2D eigenvalue weighted by Crippen LogP contribution is 2.32. The molecule has 0 radical (unpaired) electrons. The van der Waals surface area contributed by atoms with Crippen LogP contribution in [0.1, 0.15) is 24.7 Å². The maximum atomic E-state index is 12.5. The lowest BCUT2D eigenvalue weighted by atomic mass is 10.1. The van der Waals surface area contributed by atoms with Gasteiger partial charge in [-0.1, -0.05) is 24.8 Å². The van der Waals surface area contributed by atoms with E-state index in [4.69, 9.17) is 9.47 Å². The van der Waals surface area contributed by atoms with Crippen molar-refractivity contribution in [2.45, 2.75) is 31.5 Å². The summed E-state index contributed by atoms with van der Waals surface area (Å²) < 4.78 is 10.8. The molecule has 4 rings (SSSR count). The van der Waals surface area contributed by atoms with E-state index in [1.807, 2.05) is 17.0 Å². The van der Waals surface area contributed by atoms with Crippen LogP contribution in [0, 0.1) is 0 Å². The van der Waals surface area contributed by atoms with Crippen molar-refractivity contribution < 1.29 is 14.3 Å². The fourth-order valence-electron chi connectivity index (χ4n) is 3.36. The minimum atomic E-state index is 0.148. The van der Waals surface area contributed by atoms with Crippen LogP contribution in [-0.4, -0.2) is 69.6 Å². The van der Waals surface area contributed by atoms with Crippen LogP contribution in [-0.2, 0) is 17.8 Å². The smallest absolute Gasteiger partial charge is 0.233 e. The molecule has 0 spiro atoms. The van der Waals surface area contributed by atoms with Crippen molar-refractivity contribution in [3.63, 3.8) is 0 Å². The summed E-state index contributed by atoms with van der Waals surface area (Å²) in [6, 6.07) is 6.08. The molecule has 28 heavy (non-hydrogen) atoms. The van der Waals surface area contributed by atoms with E-state index in [1.54, 1.807) is 0 Å². The molecule has 0 aliphatic carbocycles. The summed E-state index contributed by atoms with van der Waals surface area (Å²) in [6.07, 6.45) is 1.90. The van der Waals surface area contributed by atoms with Crippen LogP contribution in [0.25, 0.3) is 0 Å². The molecule has 150 valence electrons.